The van der Waals surface area contributed by atoms with Crippen molar-refractivity contribution >= 4 is 40.8 Å². The van der Waals surface area contributed by atoms with Gasteiger partial charge in [0.1, 0.15) is 28.9 Å². The van der Waals surface area contributed by atoms with Crippen LogP contribution < -0.4 is 26.3 Å². The van der Waals surface area contributed by atoms with Crippen molar-refractivity contribution in [1.29, 1.82) is 0 Å². The number of benzene rings is 3. The Morgan fingerprint density at radius 2 is 1.82 bits per heavy atom. The second-order valence-electron chi connectivity index (χ2n) is 8.30. The molecule has 11 heteroatoms. The molecule has 0 saturated heterocycles. The predicted octanol–water partition coefficient (Wildman–Crippen LogP) is 5.41. The first-order valence-electron chi connectivity index (χ1n) is 11.3. The van der Waals surface area contributed by atoms with E-state index in [-0.39, 0.29) is 39.5 Å². The minimum Gasteiger partial charge on any atom is -0.493 e. The number of allylic oxidation sites excluding steroid dienone is 2. The van der Waals surface area contributed by atoms with Crippen LogP contribution >= 0.6 is 23.2 Å². The third-order valence-corrected chi connectivity index (χ3v) is 6.22. The summed E-state index contributed by atoms with van der Waals surface area (Å²) in [6.45, 7) is 0.271. The Hall–Kier alpha value is -4.21. The molecular weight excluding hydrogens is 536 g/mol. The van der Waals surface area contributed by atoms with E-state index in [0.29, 0.717) is 29.0 Å². The van der Waals surface area contributed by atoms with E-state index in [9.17, 15) is 19.1 Å². The van der Waals surface area contributed by atoms with Gasteiger partial charge < -0.3 is 31.4 Å². The van der Waals surface area contributed by atoms with Crippen molar-refractivity contribution in [3.8, 4) is 17.2 Å². The lowest BCUT2D eigenvalue weighted by Crippen LogP contribution is -2.27. The number of aliphatic carboxylic acids is 1. The van der Waals surface area contributed by atoms with Gasteiger partial charge in [0.15, 0.2) is 0 Å². The maximum atomic E-state index is 14.0. The molecule has 1 atom stereocenters. The summed E-state index contributed by atoms with van der Waals surface area (Å²) >= 11 is 12.1. The lowest BCUT2D eigenvalue weighted by molar-refractivity contribution is -0.139. The standard InChI is InChI=1S/C27H22Cl2FN3O5/c28-15-3-6-18(21(30)11-15)22(31)7-8-25(32)33-26(34)14-1-4-16(5-2-14)38-24-13-23-19(12-20(24)29)17(27(35)36)9-10-37-23/h1-8,11-13,17H,9-10,31-32H2,(H,33,34)(H,35,36)/b22-7-,25-8+. The van der Waals surface area contributed by atoms with Crippen LogP contribution in [0.2, 0.25) is 10.0 Å². The van der Waals surface area contributed by atoms with Crippen LogP contribution in [0, 0.1) is 5.82 Å². The number of ether oxygens (including phenoxy) is 2. The number of nitrogens with one attached hydrogen (secondary N) is 1. The van der Waals surface area contributed by atoms with Crippen molar-refractivity contribution in [3.05, 3.63) is 105 Å². The van der Waals surface area contributed by atoms with E-state index in [4.69, 9.17) is 44.1 Å². The second kappa shape index (κ2) is 11.5. The summed E-state index contributed by atoms with van der Waals surface area (Å²) in [5, 5.41) is 12.4. The van der Waals surface area contributed by atoms with Gasteiger partial charge in [-0.3, -0.25) is 9.59 Å². The molecular formula is C27H22Cl2FN3O5. The highest BCUT2D eigenvalue weighted by Gasteiger charge is 2.29. The quantitative estimate of drug-likeness (QED) is 0.285. The molecule has 4 rings (SSSR count). The summed E-state index contributed by atoms with van der Waals surface area (Å²) in [6, 6.07) is 13.3. The third-order valence-electron chi connectivity index (χ3n) is 5.69. The Balaban J connectivity index is 1.41. The number of halogens is 3. The Labute approximate surface area is 227 Å². The lowest BCUT2D eigenvalue weighted by Gasteiger charge is -2.24. The summed E-state index contributed by atoms with van der Waals surface area (Å²) in [5.41, 5.74) is 12.8. The van der Waals surface area contributed by atoms with Gasteiger partial charge in [-0.25, -0.2) is 4.39 Å². The zero-order valence-electron chi connectivity index (χ0n) is 19.7. The Morgan fingerprint density at radius 3 is 2.50 bits per heavy atom. The van der Waals surface area contributed by atoms with E-state index in [0.717, 1.165) is 6.07 Å². The molecule has 1 heterocycles. The third kappa shape index (κ3) is 6.19. The van der Waals surface area contributed by atoms with Gasteiger partial charge in [-0.15, -0.1) is 0 Å². The van der Waals surface area contributed by atoms with Crippen molar-refractivity contribution in [2.75, 3.05) is 6.61 Å². The number of carbonyl (C=O) groups is 2. The minimum atomic E-state index is -0.946. The van der Waals surface area contributed by atoms with Gasteiger partial charge in [-0.1, -0.05) is 23.2 Å². The molecule has 3 aromatic carbocycles. The molecule has 0 fully saturated rings. The van der Waals surface area contributed by atoms with Crippen molar-refractivity contribution in [2.24, 2.45) is 11.5 Å². The van der Waals surface area contributed by atoms with E-state index in [1.54, 1.807) is 18.2 Å². The number of nitrogens with two attached hydrogens (primary N) is 2. The zero-order chi connectivity index (χ0) is 27.4. The SMILES string of the molecule is N/C(=C\C=C(/N)NC(=O)c1ccc(Oc2cc3c(cc2Cl)C(C(=O)O)CCO3)cc1)c1ccc(Cl)cc1F. The van der Waals surface area contributed by atoms with E-state index < -0.39 is 23.6 Å². The molecule has 8 nitrogen and oxygen atoms in total. The molecule has 0 bridgehead atoms. The predicted molar refractivity (Wildman–Crippen MR) is 142 cm³/mol. The molecule has 1 amide bonds. The summed E-state index contributed by atoms with van der Waals surface area (Å²) in [7, 11) is 0. The Kier molecular flexibility index (Phi) is 8.09. The molecule has 3 aromatic rings. The highest BCUT2D eigenvalue weighted by atomic mass is 35.5. The summed E-state index contributed by atoms with van der Waals surface area (Å²) in [4.78, 5) is 24.1. The van der Waals surface area contributed by atoms with Crippen LogP contribution in [0.1, 0.15) is 33.8 Å². The van der Waals surface area contributed by atoms with Crippen molar-refractivity contribution in [1.82, 2.24) is 5.32 Å². The lowest BCUT2D eigenvalue weighted by atomic mass is 9.93. The van der Waals surface area contributed by atoms with Gasteiger partial charge in [-0.2, -0.15) is 0 Å². The highest BCUT2D eigenvalue weighted by molar-refractivity contribution is 6.32. The number of hydrogen-bond donors (Lipinski definition) is 4. The minimum absolute atomic E-state index is 0.00634. The van der Waals surface area contributed by atoms with Gasteiger partial charge in [-0.05, 0) is 67.1 Å². The number of carbonyl (C=O) groups excluding carboxylic acids is 1. The molecule has 1 aliphatic rings. The van der Waals surface area contributed by atoms with E-state index in [1.807, 2.05) is 0 Å². The van der Waals surface area contributed by atoms with Gasteiger partial charge in [0.05, 0.1) is 17.5 Å². The van der Waals surface area contributed by atoms with Gasteiger partial charge in [0.25, 0.3) is 5.91 Å². The molecule has 0 saturated carbocycles. The van der Waals surface area contributed by atoms with E-state index >= 15 is 0 Å². The molecule has 0 spiro atoms. The molecule has 0 radical (unpaired) electrons. The van der Waals surface area contributed by atoms with Crippen LogP contribution in [0.4, 0.5) is 4.39 Å². The average molecular weight is 558 g/mol. The average Bonchev–Trinajstić information content (AvgIpc) is 2.87. The number of fused-ring (bicyclic) bond motifs is 1. The first-order chi connectivity index (χ1) is 18.1. The number of hydrogen-bond acceptors (Lipinski definition) is 6. The van der Waals surface area contributed by atoms with Crippen LogP contribution in [0.15, 0.2) is 72.6 Å². The van der Waals surface area contributed by atoms with Crippen LogP contribution in [0.25, 0.3) is 5.70 Å². The molecule has 0 aliphatic carbocycles. The van der Waals surface area contributed by atoms with Crippen molar-refractivity contribution in [2.45, 2.75) is 12.3 Å². The molecule has 1 unspecified atom stereocenters. The first-order valence-corrected chi connectivity index (χ1v) is 12.0. The Morgan fingerprint density at radius 1 is 1.08 bits per heavy atom. The first kappa shape index (κ1) is 26.8. The Bertz CT molecular complexity index is 1460. The topological polar surface area (TPSA) is 137 Å². The van der Waals surface area contributed by atoms with Gasteiger partial charge >= 0.3 is 5.97 Å². The number of carboxylic acid groups (broad SMARTS) is 1. The number of amides is 1. The molecule has 0 aromatic heterocycles. The molecule has 6 N–H and O–H groups in total. The van der Waals surface area contributed by atoms with Crippen LogP contribution in [-0.2, 0) is 4.79 Å². The van der Waals surface area contributed by atoms with Crippen molar-refractivity contribution in [3.63, 3.8) is 0 Å². The fourth-order valence-corrected chi connectivity index (χ4v) is 4.13. The van der Waals surface area contributed by atoms with Gasteiger partial charge in [0, 0.05) is 33.5 Å². The zero-order valence-corrected chi connectivity index (χ0v) is 21.2. The fraction of sp³-hybridized carbons (Fsp3) is 0.111. The summed E-state index contributed by atoms with van der Waals surface area (Å²) in [5.74, 6) is -1.66. The smallest absolute Gasteiger partial charge is 0.311 e. The van der Waals surface area contributed by atoms with Gasteiger partial charge in [0.2, 0.25) is 0 Å². The maximum absolute atomic E-state index is 14.0. The fourth-order valence-electron chi connectivity index (χ4n) is 3.76. The van der Waals surface area contributed by atoms with Crippen molar-refractivity contribution < 1.29 is 28.6 Å². The summed E-state index contributed by atoms with van der Waals surface area (Å²) < 4.78 is 25.4. The normalized spacial score (nSPS) is 15.3. The molecule has 196 valence electrons. The monoisotopic (exact) mass is 557 g/mol. The van der Waals surface area contributed by atoms with Crippen LogP contribution in [0.5, 0.6) is 17.2 Å². The summed E-state index contributed by atoms with van der Waals surface area (Å²) in [6.07, 6.45) is 3.06. The largest absolute Gasteiger partial charge is 0.493 e. The maximum Gasteiger partial charge on any atom is 0.311 e. The number of carboxylic acids is 1. The van der Waals surface area contributed by atoms with E-state index in [2.05, 4.69) is 5.32 Å². The van der Waals surface area contributed by atoms with Crippen LogP contribution in [0.3, 0.4) is 0 Å². The molecule has 1 aliphatic heterocycles. The number of rotatable bonds is 7. The highest BCUT2D eigenvalue weighted by Crippen LogP contribution is 2.41. The van der Waals surface area contributed by atoms with E-state index in [1.165, 1.54) is 42.5 Å². The molecule has 38 heavy (non-hydrogen) atoms. The van der Waals surface area contributed by atoms with Crippen LogP contribution in [-0.4, -0.2) is 23.6 Å². The second-order valence-corrected chi connectivity index (χ2v) is 9.14.